The van der Waals surface area contributed by atoms with E-state index in [0.717, 1.165) is 54.9 Å². The number of fused-ring (bicyclic) bond motifs is 12. The average Bonchev–Trinajstić information content (AvgIpc) is 3.60. The second-order valence-corrected chi connectivity index (χ2v) is 9.42. The summed E-state index contributed by atoms with van der Waals surface area (Å²) in [4.78, 5) is 18.9. The molecule has 0 bridgehead atoms. The van der Waals surface area contributed by atoms with Crippen molar-refractivity contribution in [1.82, 2.24) is 28.7 Å². The maximum absolute atomic E-state index is 6.33. The van der Waals surface area contributed by atoms with Gasteiger partial charge in [0.1, 0.15) is 22.8 Å². The van der Waals surface area contributed by atoms with Gasteiger partial charge in [-0.15, -0.1) is 0 Å². The monoisotopic (exact) mass is 480 g/mol. The Morgan fingerprint density at radius 1 is 0.622 bits per heavy atom. The zero-order valence-corrected chi connectivity index (χ0v) is 20.2. The lowest BCUT2D eigenvalue weighted by Gasteiger charge is -2.13. The minimum atomic E-state index is 0.628. The van der Waals surface area contributed by atoms with Gasteiger partial charge in [-0.2, -0.15) is 0 Å². The molecule has 0 radical (unpaired) electrons. The van der Waals surface area contributed by atoms with Gasteiger partial charge < -0.3 is 4.74 Å². The van der Waals surface area contributed by atoms with Crippen molar-refractivity contribution >= 4 is 54.9 Å². The highest BCUT2D eigenvalue weighted by atomic mass is 16.5. The van der Waals surface area contributed by atoms with Crippen molar-refractivity contribution in [1.29, 1.82) is 0 Å². The first-order valence-electron chi connectivity index (χ1n) is 12.1. The average molecular weight is 481 g/mol. The van der Waals surface area contributed by atoms with Gasteiger partial charge in [0, 0.05) is 46.3 Å². The molecule has 0 amide bonds. The summed E-state index contributed by atoms with van der Waals surface area (Å²) in [5.41, 5.74) is 8.05. The first-order chi connectivity index (χ1) is 18.2. The smallest absolute Gasteiger partial charge is 0.146 e. The van der Waals surface area contributed by atoms with Crippen LogP contribution in [0.25, 0.3) is 54.9 Å². The fourth-order valence-corrected chi connectivity index (χ4v) is 5.59. The second-order valence-electron chi connectivity index (χ2n) is 9.42. The Labute approximate surface area is 210 Å². The molecule has 7 nitrogen and oxygen atoms in total. The molecule has 0 spiro atoms. The first-order valence-corrected chi connectivity index (χ1v) is 12.1. The third-order valence-corrected chi connectivity index (χ3v) is 7.22. The molecule has 37 heavy (non-hydrogen) atoms. The van der Waals surface area contributed by atoms with Crippen LogP contribution in [0.5, 0.6) is 11.5 Å². The van der Waals surface area contributed by atoms with Crippen molar-refractivity contribution in [2.24, 2.45) is 0 Å². The summed E-state index contributed by atoms with van der Waals surface area (Å²) in [5.74, 6) is 1.26. The number of nitrogens with zero attached hydrogens (tertiary/aromatic N) is 6. The molecule has 0 fully saturated rings. The van der Waals surface area contributed by atoms with Crippen LogP contribution in [0.15, 0.2) is 85.7 Å². The zero-order valence-electron chi connectivity index (χ0n) is 20.2. The van der Waals surface area contributed by atoms with Crippen LogP contribution >= 0.6 is 0 Å². The van der Waals surface area contributed by atoms with Gasteiger partial charge >= 0.3 is 0 Å². The number of hydrogen-bond acceptors (Lipinski definition) is 5. The van der Waals surface area contributed by atoms with E-state index in [2.05, 4.69) is 69.0 Å². The normalized spacial score (nSPS) is 12.1. The van der Waals surface area contributed by atoms with Crippen LogP contribution in [0.2, 0.25) is 0 Å². The number of hydrogen-bond donors (Lipinski definition) is 0. The van der Waals surface area contributed by atoms with Gasteiger partial charge in [-0.25, -0.2) is 9.97 Å². The van der Waals surface area contributed by atoms with Crippen molar-refractivity contribution in [3.8, 4) is 11.5 Å². The van der Waals surface area contributed by atoms with Gasteiger partial charge in [0.2, 0.25) is 0 Å². The van der Waals surface area contributed by atoms with E-state index in [0.29, 0.717) is 11.5 Å². The van der Waals surface area contributed by atoms with E-state index in [1.54, 1.807) is 12.4 Å². The lowest BCUT2D eigenvalue weighted by molar-refractivity contribution is 0.480. The molecule has 0 aliphatic heterocycles. The molecule has 6 heterocycles. The number of aromatic nitrogens is 6. The molecule has 0 atom stereocenters. The number of benzene rings is 2. The molecule has 176 valence electrons. The molecule has 2 aromatic carbocycles. The molecule has 0 saturated heterocycles. The second kappa shape index (κ2) is 7.24. The highest BCUT2D eigenvalue weighted by Gasteiger charge is 2.16. The largest absolute Gasteiger partial charge is 0.454 e. The number of imidazole rings is 2. The molecule has 7 heteroatoms. The van der Waals surface area contributed by atoms with E-state index in [9.17, 15) is 0 Å². The van der Waals surface area contributed by atoms with E-state index in [1.165, 1.54) is 11.1 Å². The standard InChI is InChI=1S/C30H20N6O/c1-17-5-3-7-23-25(17)27-21(29-31-9-11-35(23)29)13-19(15-33-27)37-20-14-22-28(34-16-20)26-18(2)6-4-8-24(26)36-12-10-32-30(22)36/h3-16H,1-2H3. The number of pyridine rings is 4. The van der Waals surface area contributed by atoms with Crippen molar-refractivity contribution in [3.63, 3.8) is 0 Å². The SMILES string of the molecule is Cc1cccc2c1c1ncc(Oc3cnc4c(c3)c3nccn3c3cccc(C)c43)cc1c1nccn21. The maximum atomic E-state index is 6.33. The van der Waals surface area contributed by atoms with Gasteiger partial charge in [-0.3, -0.25) is 18.8 Å². The summed E-state index contributed by atoms with van der Waals surface area (Å²) in [6.45, 7) is 4.22. The molecule has 8 rings (SSSR count). The summed E-state index contributed by atoms with van der Waals surface area (Å²) in [5, 5.41) is 4.11. The predicted molar refractivity (Wildman–Crippen MR) is 146 cm³/mol. The maximum Gasteiger partial charge on any atom is 0.146 e. The minimum absolute atomic E-state index is 0.628. The van der Waals surface area contributed by atoms with Crippen LogP contribution in [0.3, 0.4) is 0 Å². The van der Waals surface area contributed by atoms with Crippen LogP contribution in [0.4, 0.5) is 0 Å². The summed E-state index contributed by atoms with van der Waals surface area (Å²) >= 11 is 0. The lowest BCUT2D eigenvalue weighted by atomic mass is 10.1. The lowest BCUT2D eigenvalue weighted by Crippen LogP contribution is -1.96. The van der Waals surface area contributed by atoms with Crippen LogP contribution in [0, 0.1) is 13.8 Å². The van der Waals surface area contributed by atoms with E-state index in [1.807, 2.05) is 36.9 Å². The summed E-state index contributed by atoms with van der Waals surface area (Å²) in [6, 6.07) is 16.6. The number of rotatable bonds is 2. The highest BCUT2D eigenvalue weighted by molar-refractivity contribution is 6.12. The molecule has 0 N–H and O–H groups in total. The van der Waals surface area contributed by atoms with E-state index in [4.69, 9.17) is 14.7 Å². The van der Waals surface area contributed by atoms with Crippen LogP contribution in [-0.2, 0) is 0 Å². The Balaban J connectivity index is 1.33. The van der Waals surface area contributed by atoms with Crippen LogP contribution in [-0.4, -0.2) is 28.7 Å². The number of aryl methyl sites for hydroxylation is 2. The van der Waals surface area contributed by atoms with Crippen LogP contribution in [0.1, 0.15) is 11.1 Å². The molecule has 0 aliphatic carbocycles. The fourth-order valence-electron chi connectivity index (χ4n) is 5.59. The Morgan fingerprint density at radius 3 is 1.59 bits per heavy atom. The van der Waals surface area contributed by atoms with Gasteiger partial charge in [0.05, 0.1) is 34.5 Å². The van der Waals surface area contributed by atoms with Crippen molar-refractivity contribution in [2.45, 2.75) is 13.8 Å². The molecule has 8 aromatic rings. The van der Waals surface area contributed by atoms with Crippen molar-refractivity contribution in [2.75, 3.05) is 0 Å². The predicted octanol–water partition coefficient (Wildman–Crippen LogP) is 6.79. The molecule has 0 aliphatic rings. The van der Waals surface area contributed by atoms with Crippen molar-refractivity contribution in [3.05, 3.63) is 96.8 Å². The summed E-state index contributed by atoms with van der Waals surface area (Å²) in [7, 11) is 0. The topological polar surface area (TPSA) is 69.6 Å². The molecule has 0 saturated carbocycles. The van der Waals surface area contributed by atoms with Crippen molar-refractivity contribution < 1.29 is 4.74 Å². The quantitative estimate of drug-likeness (QED) is 0.255. The molecule has 6 aromatic heterocycles. The highest BCUT2D eigenvalue weighted by Crippen LogP contribution is 2.35. The molecular formula is C30H20N6O. The zero-order chi connectivity index (χ0) is 24.7. The Kier molecular flexibility index (Phi) is 3.95. The Morgan fingerprint density at radius 2 is 1.11 bits per heavy atom. The fraction of sp³-hybridized carbons (Fsp3) is 0.0667. The van der Waals surface area contributed by atoms with E-state index < -0.39 is 0 Å². The summed E-state index contributed by atoms with van der Waals surface area (Å²) in [6.07, 6.45) is 11.2. The summed E-state index contributed by atoms with van der Waals surface area (Å²) < 4.78 is 10.5. The third-order valence-electron chi connectivity index (χ3n) is 7.22. The third kappa shape index (κ3) is 2.76. The van der Waals surface area contributed by atoms with Gasteiger partial charge in [-0.1, -0.05) is 24.3 Å². The number of ether oxygens (including phenoxy) is 1. The van der Waals surface area contributed by atoms with Crippen LogP contribution < -0.4 is 4.74 Å². The molecule has 0 unspecified atom stereocenters. The van der Waals surface area contributed by atoms with E-state index in [-0.39, 0.29) is 0 Å². The Bertz CT molecular complexity index is 2050. The Hall–Kier alpha value is -5.04. The van der Waals surface area contributed by atoms with Gasteiger partial charge in [-0.05, 0) is 49.2 Å². The van der Waals surface area contributed by atoms with E-state index >= 15 is 0 Å². The first kappa shape index (κ1) is 20.2. The van der Waals surface area contributed by atoms with Gasteiger partial charge in [0.15, 0.2) is 0 Å². The molecular weight excluding hydrogens is 460 g/mol. The van der Waals surface area contributed by atoms with Gasteiger partial charge in [0.25, 0.3) is 0 Å². The minimum Gasteiger partial charge on any atom is -0.454 e.